The van der Waals surface area contributed by atoms with Crippen LogP contribution >= 0.6 is 0 Å². The molecule has 3 heteroatoms. The van der Waals surface area contributed by atoms with E-state index < -0.39 is 5.97 Å². The summed E-state index contributed by atoms with van der Waals surface area (Å²) in [5.74, 6) is -0.694. The fourth-order valence-electron chi connectivity index (χ4n) is 2.41. The van der Waals surface area contributed by atoms with E-state index >= 15 is 0 Å². The average Bonchev–Trinajstić information content (AvgIpc) is 2.50. The zero-order chi connectivity index (χ0) is 12.1. The van der Waals surface area contributed by atoms with Crippen molar-refractivity contribution < 1.29 is 9.90 Å². The molecule has 0 radical (unpaired) electrons. The molecule has 0 unspecified atom stereocenters. The van der Waals surface area contributed by atoms with E-state index in [4.69, 9.17) is 5.11 Å². The van der Waals surface area contributed by atoms with Gasteiger partial charge in [0.2, 0.25) is 0 Å². The molecule has 0 aliphatic carbocycles. The van der Waals surface area contributed by atoms with Gasteiger partial charge in [0.1, 0.15) is 0 Å². The molecule has 1 aliphatic heterocycles. The predicted molar refractivity (Wildman–Crippen MR) is 66.9 cm³/mol. The lowest BCUT2D eigenvalue weighted by Gasteiger charge is -2.19. The van der Waals surface area contributed by atoms with Crippen molar-refractivity contribution in [1.29, 1.82) is 0 Å². The number of benzene rings is 1. The number of fused-ring (bicyclic) bond motifs is 1. The molecule has 1 aliphatic rings. The maximum Gasteiger partial charge on any atom is 0.303 e. The maximum atomic E-state index is 10.5. The number of carboxylic acids is 1. The fourth-order valence-corrected chi connectivity index (χ4v) is 2.41. The maximum absolute atomic E-state index is 10.5. The summed E-state index contributed by atoms with van der Waals surface area (Å²) in [6.45, 7) is 2.94. The Bertz CT molecular complexity index is 390. The number of aryl methyl sites for hydroxylation is 1. The lowest BCUT2D eigenvalue weighted by atomic mass is 10.0. The van der Waals surface area contributed by atoms with Crippen LogP contribution in [0.5, 0.6) is 0 Å². The van der Waals surface area contributed by atoms with Crippen LogP contribution in [0.3, 0.4) is 0 Å². The topological polar surface area (TPSA) is 40.5 Å². The Morgan fingerprint density at radius 1 is 1.29 bits per heavy atom. The molecule has 92 valence electrons. The summed E-state index contributed by atoms with van der Waals surface area (Å²) in [5.41, 5.74) is 2.86. The van der Waals surface area contributed by atoms with Crippen LogP contribution in [-0.4, -0.2) is 29.1 Å². The Hall–Kier alpha value is -1.35. The van der Waals surface area contributed by atoms with Crippen LogP contribution in [-0.2, 0) is 17.8 Å². The van der Waals surface area contributed by atoms with Crippen LogP contribution in [0.4, 0.5) is 0 Å². The molecule has 0 saturated carbocycles. The first-order valence-corrected chi connectivity index (χ1v) is 6.26. The number of carboxylic acid groups (broad SMARTS) is 1. The summed E-state index contributed by atoms with van der Waals surface area (Å²) in [6, 6.07) is 8.57. The molecule has 0 amide bonds. The lowest BCUT2D eigenvalue weighted by Crippen LogP contribution is -2.24. The molecule has 1 aromatic carbocycles. The van der Waals surface area contributed by atoms with E-state index in [1.165, 1.54) is 17.5 Å². The zero-order valence-corrected chi connectivity index (χ0v) is 10.1. The summed E-state index contributed by atoms with van der Waals surface area (Å²) in [7, 11) is 0. The van der Waals surface area contributed by atoms with Crippen LogP contribution in [0.25, 0.3) is 0 Å². The van der Waals surface area contributed by atoms with E-state index in [1.54, 1.807) is 0 Å². The Balaban J connectivity index is 1.91. The minimum Gasteiger partial charge on any atom is -0.481 e. The SMILES string of the molecule is O=C(O)CCCN1CCCc2ccccc2C1. The molecule has 1 heterocycles. The molecule has 0 aromatic heterocycles. The second-order valence-electron chi connectivity index (χ2n) is 4.65. The summed E-state index contributed by atoms with van der Waals surface area (Å²) in [5, 5.41) is 8.64. The van der Waals surface area contributed by atoms with Gasteiger partial charge in [-0.05, 0) is 43.5 Å². The summed E-state index contributed by atoms with van der Waals surface area (Å²) in [6.07, 6.45) is 3.34. The van der Waals surface area contributed by atoms with Gasteiger partial charge in [0.25, 0.3) is 0 Å². The lowest BCUT2D eigenvalue weighted by molar-refractivity contribution is -0.137. The number of carbonyl (C=O) groups is 1. The van der Waals surface area contributed by atoms with Gasteiger partial charge in [-0.2, -0.15) is 0 Å². The van der Waals surface area contributed by atoms with Crippen LogP contribution in [0, 0.1) is 0 Å². The normalized spacial score (nSPS) is 16.2. The standard InChI is InChI=1S/C14H19NO2/c16-14(17)8-4-10-15-9-3-7-12-5-1-2-6-13(12)11-15/h1-2,5-6H,3-4,7-11H2,(H,16,17). The molecule has 1 N–H and O–H groups in total. The van der Waals surface area contributed by atoms with E-state index in [1.807, 2.05) is 0 Å². The zero-order valence-electron chi connectivity index (χ0n) is 10.1. The van der Waals surface area contributed by atoms with Gasteiger partial charge in [-0.15, -0.1) is 0 Å². The van der Waals surface area contributed by atoms with E-state index in [2.05, 4.69) is 29.2 Å². The van der Waals surface area contributed by atoms with Crippen LogP contribution in [0.1, 0.15) is 30.4 Å². The van der Waals surface area contributed by atoms with Crippen LogP contribution < -0.4 is 0 Å². The van der Waals surface area contributed by atoms with Gasteiger partial charge in [-0.3, -0.25) is 9.69 Å². The van der Waals surface area contributed by atoms with Gasteiger partial charge in [-0.1, -0.05) is 24.3 Å². The van der Waals surface area contributed by atoms with Gasteiger partial charge >= 0.3 is 5.97 Å². The molecule has 0 spiro atoms. The summed E-state index contributed by atoms with van der Waals surface area (Å²) in [4.78, 5) is 12.9. The molecule has 2 rings (SSSR count). The molecule has 1 aromatic rings. The van der Waals surface area contributed by atoms with Gasteiger partial charge in [0.15, 0.2) is 0 Å². The van der Waals surface area contributed by atoms with Gasteiger partial charge < -0.3 is 5.11 Å². The molecule has 0 atom stereocenters. The third-order valence-electron chi connectivity index (χ3n) is 3.30. The summed E-state index contributed by atoms with van der Waals surface area (Å²) < 4.78 is 0. The van der Waals surface area contributed by atoms with Crippen LogP contribution in [0.15, 0.2) is 24.3 Å². The van der Waals surface area contributed by atoms with Crippen molar-refractivity contribution in [2.75, 3.05) is 13.1 Å². The number of nitrogens with zero attached hydrogens (tertiary/aromatic N) is 1. The third kappa shape index (κ3) is 3.56. The van der Waals surface area contributed by atoms with Crippen molar-refractivity contribution in [3.8, 4) is 0 Å². The van der Waals surface area contributed by atoms with E-state index in [9.17, 15) is 4.79 Å². The highest BCUT2D eigenvalue weighted by Gasteiger charge is 2.13. The average molecular weight is 233 g/mol. The second-order valence-corrected chi connectivity index (χ2v) is 4.65. The number of rotatable bonds is 4. The number of hydrogen-bond donors (Lipinski definition) is 1. The van der Waals surface area contributed by atoms with Crippen molar-refractivity contribution in [3.05, 3.63) is 35.4 Å². The molecule has 0 saturated heterocycles. The van der Waals surface area contributed by atoms with Gasteiger partial charge in [-0.25, -0.2) is 0 Å². The fraction of sp³-hybridized carbons (Fsp3) is 0.500. The Morgan fingerprint density at radius 2 is 2.06 bits per heavy atom. The Labute approximate surface area is 102 Å². The number of hydrogen-bond acceptors (Lipinski definition) is 2. The first-order valence-electron chi connectivity index (χ1n) is 6.26. The van der Waals surface area contributed by atoms with Crippen molar-refractivity contribution in [3.63, 3.8) is 0 Å². The van der Waals surface area contributed by atoms with E-state index in [0.717, 1.165) is 32.5 Å². The highest BCUT2D eigenvalue weighted by atomic mass is 16.4. The molecular formula is C14H19NO2. The first-order chi connectivity index (χ1) is 8.25. The molecule has 0 bridgehead atoms. The predicted octanol–water partition coefficient (Wildman–Crippen LogP) is 2.30. The van der Waals surface area contributed by atoms with Crippen molar-refractivity contribution in [1.82, 2.24) is 4.90 Å². The van der Waals surface area contributed by atoms with Crippen LogP contribution in [0.2, 0.25) is 0 Å². The van der Waals surface area contributed by atoms with Crippen molar-refractivity contribution in [2.24, 2.45) is 0 Å². The van der Waals surface area contributed by atoms with E-state index in [-0.39, 0.29) is 6.42 Å². The van der Waals surface area contributed by atoms with E-state index in [0.29, 0.717) is 0 Å². The monoisotopic (exact) mass is 233 g/mol. The quantitative estimate of drug-likeness (QED) is 0.867. The van der Waals surface area contributed by atoms with Crippen molar-refractivity contribution in [2.45, 2.75) is 32.2 Å². The minimum absolute atomic E-state index is 0.276. The van der Waals surface area contributed by atoms with Gasteiger partial charge in [0, 0.05) is 13.0 Å². The highest BCUT2D eigenvalue weighted by Crippen LogP contribution is 2.18. The Morgan fingerprint density at radius 3 is 2.82 bits per heavy atom. The largest absolute Gasteiger partial charge is 0.481 e. The smallest absolute Gasteiger partial charge is 0.303 e. The molecular weight excluding hydrogens is 214 g/mol. The second kappa shape index (κ2) is 5.82. The molecule has 3 nitrogen and oxygen atoms in total. The van der Waals surface area contributed by atoms with Crippen molar-refractivity contribution >= 4 is 5.97 Å². The summed E-state index contributed by atoms with van der Waals surface area (Å²) >= 11 is 0. The first kappa shape index (κ1) is 12.1. The number of aliphatic carboxylic acids is 1. The Kier molecular flexibility index (Phi) is 4.15. The highest BCUT2D eigenvalue weighted by molar-refractivity contribution is 5.66. The molecule has 17 heavy (non-hydrogen) atoms. The molecule has 0 fully saturated rings. The third-order valence-corrected chi connectivity index (χ3v) is 3.30. The minimum atomic E-state index is -0.694. The van der Waals surface area contributed by atoms with Gasteiger partial charge in [0.05, 0.1) is 0 Å².